The molecule has 4 rings (SSSR count). The Labute approximate surface area is 171 Å². The average molecular weight is 406 g/mol. The fraction of sp³-hybridized carbons (Fsp3) is 0.136. The molecule has 0 fully saturated rings. The maximum atomic E-state index is 13.1. The van der Waals surface area contributed by atoms with Crippen molar-refractivity contribution >= 4 is 40.5 Å². The topological polar surface area (TPSA) is 75.7 Å². The number of fused-ring (bicyclic) bond motifs is 1. The molecule has 1 N–H and O–H groups in total. The number of nitrogens with zero attached hydrogens (tertiary/aromatic N) is 1. The molecule has 0 bridgehead atoms. The second-order valence-electron chi connectivity index (χ2n) is 6.55. The van der Waals surface area contributed by atoms with Crippen molar-refractivity contribution < 1.29 is 19.1 Å². The van der Waals surface area contributed by atoms with E-state index >= 15 is 0 Å². The van der Waals surface area contributed by atoms with Gasteiger partial charge in [0, 0.05) is 23.5 Å². The molecule has 2 heterocycles. The van der Waals surface area contributed by atoms with Crippen molar-refractivity contribution in [2.75, 3.05) is 23.9 Å². The first-order valence-corrected chi connectivity index (χ1v) is 9.93. The lowest BCUT2D eigenvalue weighted by molar-refractivity contribution is 0.0600. The van der Waals surface area contributed by atoms with E-state index in [4.69, 9.17) is 4.74 Å². The Bertz CT molecular complexity index is 1090. The number of benzene rings is 2. The van der Waals surface area contributed by atoms with Crippen LogP contribution < -0.4 is 10.2 Å². The summed E-state index contributed by atoms with van der Waals surface area (Å²) in [7, 11) is 1.34. The molecule has 0 atom stereocenters. The highest BCUT2D eigenvalue weighted by atomic mass is 32.1. The standard InChI is InChI=1S/C22H18N2O4S/c1-28-22(27)16-7-8-18-14(12-16)9-10-24(18)21(26)15-4-2-5-17(13-15)23-20(25)19-6-3-11-29-19/h2-8,11-13H,9-10H2,1H3,(H,23,25). The number of hydrogen-bond acceptors (Lipinski definition) is 5. The molecule has 2 amide bonds. The van der Waals surface area contributed by atoms with Crippen LogP contribution >= 0.6 is 11.3 Å². The normalized spacial score (nSPS) is 12.4. The van der Waals surface area contributed by atoms with Crippen LogP contribution in [0.5, 0.6) is 0 Å². The summed E-state index contributed by atoms with van der Waals surface area (Å²) in [4.78, 5) is 39.4. The highest BCUT2D eigenvalue weighted by molar-refractivity contribution is 7.12. The third-order valence-corrected chi connectivity index (χ3v) is 5.62. The van der Waals surface area contributed by atoms with Gasteiger partial charge in [-0.25, -0.2) is 4.79 Å². The van der Waals surface area contributed by atoms with Gasteiger partial charge in [-0.2, -0.15) is 0 Å². The molecule has 1 aliphatic heterocycles. The minimum absolute atomic E-state index is 0.151. The van der Waals surface area contributed by atoms with Crippen molar-refractivity contribution in [3.8, 4) is 0 Å². The molecular weight excluding hydrogens is 388 g/mol. The van der Waals surface area contributed by atoms with Crippen molar-refractivity contribution in [3.05, 3.63) is 81.5 Å². The lowest BCUT2D eigenvalue weighted by Gasteiger charge is -2.18. The predicted molar refractivity (Wildman–Crippen MR) is 112 cm³/mol. The molecule has 1 aromatic heterocycles. The zero-order chi connectivity index (χ0) is 20.4. The Hall–Kier alpha value is -3.45. The van der Waals surface area contributed by atoms with Gasteiger partial charge in [-0.05, 0) is 59.8 Å². The van der Waals surface area contributed by atoms with Crippen molar-refractivity contribution in [2.24, 2.45) is 0 Å². The maximum Gasteiger partial charge on any atom is 0.337 e. The highest BCUT2D eigenvalue weighted by Crippen LogP contribution is 2.30. The van der Waals surface area contributed by atoms with Crippen LogP contribution in [0, 0.1) is 0 Å². The van der Waals surface area contributed by atoms with Crippen LogP contribution in [0.3, 0.4) is 0 Å². The molecule has 0 saturated heterocycles. The summed E-state index contributed by atoms with van der Waals surface area (Å²) in [6.07, 6.45) is 0.667. The minimum atomic E-state index is -0.397. The first-order chi connectivity index (χ1) is 14.1. The molecule has 1 aliphatic rings. The first-order valence-electron chi connectivity index (χ1n) is 9.05. The molecule has 0 aliphatic carbocycles. The fourth-order valence-electron chi connectivity index (χ4n) is 3.34. The zero-order valence-corrected chi connectivity index (χ0v) is 16.5. The summed E-state index contributed by atoms with van der Waals surface area (Å²) >= 11 is 1.36. The molecule has 2 aromatic carbocycles. The van der Waals surface area contributed by atoms with E-state index < -0.39 is 5.97 Å². The minimum Gasteiger partial charge on any atom is -0.465 e. The molecule has 146 valence electrons. The van der Waals surface area contributed by atoms with E-state index in [0.717, 1.165) is 11.3 Å². The Morgan fingerprint density at radius 2 is 1.90 bits per heavy atom. The lowest BCUT2D eigenvalue weighted by atomic mass is 10.1. The van der Waals surface area contributed by atoms with Gasteiger partial charge in [0.15, 0.2) is 0 Å². The number of carbonyl (C=O) groups excluding carboxylic acids is 3. The zero-order valence-electron chi connectivity index (χ0n) is 15.7. The third-order valence-electron chi connectivity index (χ3n) is 4.75. The van der Waals surface area contributed by atoms with E-state index in [1.165, 1.54) is 18.4 Å². The number of methoxy groups -OCH3 is 1. The summed E-state index contributed by atoms with van der Waals surface area (Å²) in [5, 5.41) is 4.66. The molecule has 0 unspecified atom stereocenters. The average Bonchev–Trinajstić information content (AvgIpc) is 3.42. The lowest BCUT2D eigenvalue weighted by Crippen LogP contribution is -2.29. The third kappa shape index (κ3) is 3.77. The van der Waals surface area contributed by atoms with Gasteiger partial charge in [0.25, 0.3) is 11.8 Å². The van der Waals surface area contributed by atoms with E-state index in [0.29, 0.717) is 34.7 Å². The predicted octanol–water partition coefficient (Wildman–Crippen LogP) is 3.99. The van der Waals surface area contributed by atoms with E-state index in [2.05, 4.69) is 5.32 Å². The summed E-state index contributed by atoms with van der Waals surface area (Å²) in [5.41, 5.74) is 3.24. The second kappa shape index (κ2) is 7.89. The molecular formula is C22H18N2O4S. The SMILES string of the molecule is COC(=O)c1ccc2c(c1)CCN2C(=O)c1cccc(NC(=O)c2cccs2)c1. The first kappa shape index (κ1) is 18.9. The largest absolute Gasteiger partial charge is 0.465 e. The van der Waals surface area contributed by atoms with Crippen LogP contribution in [0.25, 0.3) is 0 Å². The number of amides is 2. The van der Waals surface area contributed by atoms with Gasteiger partial charge in [-0.15, -0.1) is 11.3 Å². The van der Waals surface area contributed by atoms with Gasteiger partial charge in [0.05, 0.1) is 17.6 Å². The molecule has 6 nitrogen and oxygen atoms in total. The van der Waals surface area contributed by atoms with E-state index in [-0.39, 0.29) is 11.8 Å². The summed E-state index contributed by atoms with van der Waals surface area (Å²) in [6, 6.07) is 15.7. The Morgan fingerprint density at radius 1 is 1.03 bits per heavy atom. The van der Waals surface area contributed by atoms with E-state index in [9.17, 15) is 14.4 Å². The monoisotopic (exact) mass is 406 g/mol. The van der Waals surface area contributed by atoms with Crippen molar-refractivity contribution in [1.29, 1.82) is 0 Å². The molecule has 0 saturated carbocycles. The van der Waals surface area contributed by atoms with Gasteiger partial charge in [0.1, 0.15) is 0 Å². The fourth-order valence-corrected chi connectivity index (χ4v) is 3.96. The van der Waals surface area contributed by atoms with Crippen molar-refractivity contribution in [1.82, 2.24) is 0 Å². The summed E-state index contributed by atoms with van der Waals surface area (Å²) in [5.74, 6) is -0.750. The highest BCUT2D eigenvalue weighted by Gasteiger charge is 2.26. The number of anilines is 2. The van der Waals surface area contributed by atoms with Gasteiger partial charge in [0.2, 0.25) is 0 Å². The quantitative estimate of drug-likeness (QED) is 0.665. The van der Waals surface area contributed by atoms with Crippen LogP contribution in [0.2, 0.25) is 0 Å². The number of carbonyl (C=O) groups is 3. The number of rotatable bonds is 4. The number of ether oxygens (including phenoxy) is 1. The van der Waals surface area contributed by atoms with Crippen LogP contribution in [-0.2, 0) is 11.2 Å². The van der Waals surface area contributed by atoms with Gasteiger partial charge < -0.3 is 15.0 Å². The van der Waals surface area contributed by atoms with Crippen LogP contribution in [0.4, 0.5) is 11.4 Å². The smallest absolute Gasteiger partial charge is 0.337 e. The van der Waals surface area contributed by atoms with Gasteiger partial charge >= 0.3 is 5.97 Å². The number of nitrogens with one attached hydrogen (secondary N) is 1. The van der Waals surface area contributed by atoms with Gasteiger partial charge in [-0.1, -0.05) is 12.1 Å². The van der Waals surface area contributed by atoms with Crippen LogP contribution in [0.15, 0.2) is 60.0 Å². The summed E-state index contributed by atoms with van der Waals surface area (Å²) in [6.45, 7) is 0.532. The Morgan fingerprint density at radius 3 is 2.66 bits per heavy atom. The number of esters is 1. The van der Waals surface area contributed by atoms with Crippen molar-refractivity contribution in [3.63, 3.8) is 0 Å². The Balaban J connectivity index is 1.54. The number of thiophene rings is 1. The van der Waals surface area contributed by atoms with Crippen molar-refractivity contribution in [2.45, 2.75) is 6.42 Å². The molecule has 7 heteroatoms. The van der Waals surface area contributed by atoms with Gasteiger partial charge in [-0.3, -0.25) is 9.59 Å². The van der Waals surface area contributed by atoms with E-state index in [1.807, 2.05) is 11.4 Å². The number of hydrogen-bond donors (Lipinski definition) is 1. The second-order valence-corrected chi connectivity index (χ2v) is 7.50. The van der Waals surface area contributed by atoms with Crippen LogP contribution in [-0.4, -0.2) is 31.4 Å². The molecule has 29 heavy (non-hydrogen) atoms. The molecule has 0 radical (unpaired) electrons. The Kier molecular flexibility index (Phi) is 5.14. The van der Waals surface area contributed by atoms with Crippen LogP contribution in [0.1, 0.15) is 36.0 Å². The molecule has 0 spiro atoms. The maximum absolute atomic E-state index is 13.1. The molecule has 3 aromatic rings. The van der Waals surface area contributed by atoms with E-state index in [1.54, 1.807) is 53.4 Å². The summed E-state index contributed by atoms with van der Waals surface area (Å²) < 4.78 is 4.76.